The van der Waals surface area contributed by atoms with E-state index in [0.717, 1.165) is 21.9 Å². The average Bonchev–Trinajstić information content (AvgIpc) is 2.76. The second-order valence-electron chi connectivity index (χ2n) is 7.28. The molecular formula is C24H25FN2O4S. The summed E-state index contributed by atoms with van der Waals surface area (Å²) >= 11 is 0. The van der Waals surface area contributed by atoms with Crippen molar-refractivity contribution in [3.8, 4) is 5.75 Å². The molecule has 1 amide bonds. The lowest BCUT2D eigenvalue weighted by Gasteiger charge is -2.23. The molecule has 0 atom stereocenters. The number of anilines is 1. The van der Waals surface area contributed by atoms with Crippen LogP contribution in [0.4, 0.5) is 10.1 Å². The predicted octanol–water partition coefficient (Wildman–Crippen LogP) is 3.91. The van der Waals surface area contributed by atoms with Gasteiger partial charge in [0.2, 0.25) is 10.0 Å². The Hall–Kier alpha value is -3.39. The van der Waals surface area contributed by atoms with Gasteiger partial charge in [-0.2, -0.15) is 0 Å². The Labute approximate surface area is 187 Å². The summed E-state index contributed by atoms with van der Waals surface area (Å²) in [6, 6.07) is 19.8. The van der Waals surface area contributed by atoms with Crippen molar-refractivity contribution in [2.45, 2.75) is 13.5 Å². The Morgan fingerprint density at radius 2 is 1.66 bits per heavy atom. The summed E-state index contributed by atoms with van der Waals surface area (Å²) < 4.78 is 45.4. The minimum Gasteiger partial charge on any atom is -0.491 e. The number of carbonyl (C=O) groups is 1. The molecule has 0 aromatic heterocycles. The number of sulfonamides is 1. The molecule has 32 heavy (non-hydrogen) atoms. The molecule has 0 aliphatic heterocycles. The quantitative estimate of drug-likeness (QED) is 0.496. The van der Waals surface area contributed by atoms with Crippen LogP contribution >= 0.6 is 0 Å². The summed E-state index contributed by atoms with van der Waals surface area (Å²) in [5.41, 5.74) is 1.99. The molecule has 3 aromatic rings. The van der Waals surface area contributed by atoms with Gasteiger partial charge in [-0.15, -0.1) is 0 Å². The first-order valence-corrected chi connectivity index (χ1v) is 11.9. The van der Waals surface area contributed by atoms with Crippen LogP contribution in [-0.4, -0.2) is 33.7 Å². The minimum atomic E-state index is -3.66. The molecule has 8 heteroatoms. The van der Waals surface area contributed by atoms with E-state index in [0.29, 0.717) is 24.4 Å². The van der Waals surface area contributed by atoms with Crippen LogP contribution in [0.5, 0.6) is 5.75 Å². The lowest BCUT2D eigenvalue weighted by molar-refractivity contribution is 0.0947. The Kier molecular flexibility index (Phi) is 7.48. The van der Waals surface area contributed by atoms with Gasteiger partial charge in [-0.3, -0.25) is 9.10 Å². The molecule has 0 bridgehead atoms. The van der Waals surface area contributed by atoms with Gasteiger partial charge >= 0.3 is 0 Å². The van der Waals surface area contributed by atoms with Crippen LogP contribution in [0, 0.1) is 12.7 Å². The third-order valence-corrected chi connectivity index (χ3v) is 5.97. The highest BCUT2D eigenvalue weighted by Gasteiger charge is 2.20. The Morgan fingerprint density at radius 1 is 1.00 bits per heavy atom. The third-order valence-electron chi connectivity index (χ3n) is 4.83. The number of nitrogens with zero attached hydrogens (tertiary/aromatic N) is 1. The number of hydrogen-bond acceptors (Lipinski definition) is 4. The summed E-state index contributed by atoms with van der Waals surface area (Å²) in [6.45, 7) is 2.44. The molecule has 0 aliphatic rings. The van der Waals surface area contributed by atoms with Gasteiger partial charge in [0.15, 0.2) is 0 Å². The van der Waals surface area contributed by atoms with Gasteiger partial charge in [0.05, 0.1) is 25.0 Å². The van der Waals surface area contributed by atoms with E-state index >= 15 is 0 Å². The Balaban J connectivity index is 1.62. The number of amides is 1. The minimum absolute atomic E-state index is 0.146. The second-order valence-corrected chi connectivity index (χ2v) is 9.18. The fourth-order valence-electron chi connectivity index (χ4n) is 3.11. The van der Waals surface area contributed by atoms with E-state index in [-0.39, 0.29) is 18.0 Å². The van der Waals surface area contributed by atoms with Gasteiger partial charge in [-0.1, -0.05) is 36.4 Å². The molecule has 6 nitrogen and oxygen atoms in total. The normalized spacial score (nSPS) is 11.1. The second kappa shape index (κ2) is 10.3. The van der Waals surface area contributed by atoms with Crippen LogP contribution in [0.25, 0.3) is 0 Å². The molecular weight excluding hydrogens is 431 g/mol. The lowest BCUT2D eigenvalue weighted by atomic mass is 10.1. The number of halogens is 1. The first-order valence-electron chi connectivity index (χ1n) is 10.0. The zero-order valence-corrected chi connectivity index (χ0v) is 18.7. The monoisotopic (exact) mass is 456 g/mol. The largest absolute Gasteiger partial charge is 0.491 e. The van der Waals surface area contributed by atoms with Gasteiger partial charge in [0.25, 0.3) is 5.91 Å². The number of rotatable bonds is 9. The molecule has 0 aliphatic carbocycles. The molecule has 0 saturated heterocycles. The molecule has 0 spiro atoms. The van der Waals surface area contributed by atoms with Crippen LogP contribution in [-0.2, 0) is 16.6 Å². The van der Waals surface area contributed by atoms with E-state index in [4.69, 9.17) is 4.74 Å². The van der Waals surface area contributed by atoms with Crippen LogP contribution in [0.2, 0.25) is 0 Å². The maximum Gasteiger partial charge on any atom is 0.251 e. The van der Waals surface area contributed by atoms with Crippen molar-refractivity contribution in [3.05, 3.63) is 95.3 Å². The van der Waals surface area contributed by atoms with Crippen molar-refractivity contribution in [2.75, 3.05) is 23.7 Å². The summed E-state index contributed by atoms with van der Waals surface area (Å²) in [5.74, 6) is -0.0168. The van der Waals surface area contributed by atoms with E-state index in [1.54, 1.807) is 12.1 Å². The first kappa shape index (κ1) is 23.3. The van der Waals surface area contributed by atoms with Crippen LogP contribution in [0.1, 0.15) is 21.5 Å². The summed E-state index contributed by atoms with van der Waals surface area (Å²) in [5, 5.41) is 2.77. The van der Waals surface area contributed by atoms with Gasteiger partial charge in [0, 0.05) is 11.1 Å². The number of para-hydroxylation sites is 1. The smallest absolute Gasteiger partial charge is 0.251 e. The van der Waals surface area contributed by atoms with Crippen molar-refractivity contribution in [1.82, 2.24) is 5.32 Å². The molecule has 168 valence electrons. The number of ether oxygens (including phenoxy) is 1. The molecule has 1 N–H and O–H groups in total. The van der Waals surface area contributed by atoms with Gasteiger partial charge in [0.1, 0.15) is 18.2 Å². The van der Waals surface area contributed by atoms with Crippen molar-refractivity contribution >= 4 is 21.6 Å². The van der Waals surface area contributed by atoms with E-state index < -0.39 is 15.8 Å². The maximum atomic E-state index is 14.0. The zero-order chi connectivity index (χ0) is 23.1. The number of hydrogen-bond donors (Lipinski definition) is 1. The fourth-order valence-corrected chi connectivity index (χ4v) is 3.98. The van der Waals surface area contributed by atoms with Crippen molar-refractivity contribution in [2.24, 2.45) is 0 Å². The number of carbonyl (C=O) groups excluding carboxylic acids is 1. The lowest BCUT2D eigenvalue weighted by Crippen LogP contribution is -2.30. The highest BCUT2D eigenvalue weighted by molar-refractivity contribution is 7.92. The van der Waals surface area contributed by atoms with Crippen molar-refractivity contribution in [3.63, 3.8) is 0 Å². The highest BCUT2D eigenvalue weighted by atomic mass is 32.2. The first-order chi connectivity index (χ1) is 15.3. The standard InChI is InChI=1S/C24H25FN2O4S/c1-18-7-3-6-10-23(18)31-16-15-26-24(28)19-11-13-21(14-12-19)27(32(2,29)30)17-20-8-4-5-9-22(20)25/h3-14H,15-17H2,1-2H3,(H,26,28). The zero-order valence-electron chi connectivity index (χ0n) is 17.9. The van der Waals surface area contributed by atoms with Crippen LogP contribution in [0.3, 0.4) is 0 Å². The maximum absolute atomic E-state index is 14.0. The van der Waals surface area contributed by atoms with E-state index in [1.165, 1.54) is 36.4 Å². The molecule has 0 fully saturated rings. The molecule has 3 aromatic carbocycles. The summed E-state index contributed by atoms with van der Waals surface area (Å²) in [7, 11) is -3.66. The van der Waals surface area contributed by atoms with E-state index in [1.807, 2.05) is 31.2 Å². The van der Waals surface area contributed by atoms with E-state index in [9.17, 15) is 17.6 Å². The highest BCUT2D eigenvalue weighted by Crippen LogP contribution is 2.22. The van der Waals surface area contributed by atoms with Crippen molar-refractivity contribution < 1.29 is 22.3 Å². The van der Waals surface area contributed by atoms with Gasteiger partial charge in [-0.05, 0) is 48.9 Å². The topological polar surface area (TPSA) is 75.7 Å². The number of aryl methyl sites for hydroxylation is 1. The molecule has 0 heterocycles. The van der Waals surface area contributed by atoms with Crippen LogP contribution in [0.15, 0.2) is 72.8 Å². The van der Waals surface area contributed by atoms with Gasteiger partial charge < -0.3 is 10.1 Å². The predicted molar refractivity (Wildman–Crippen MR) is 123 cm³/mol. The van der Waals surface area contributed by atoms with Crippen LogP contribution < -0.4 is 14.4 Å². The molecule has 3 rings (SSSR count). The fraction of sp³-hybridized carbons (Fsp3) is 0.208. The summed E-state index contributed by atoms with van der Waals surface area (Å²) in [4.78, 5) is 12.4. The molecule has 0 unspecified atom stereocenters. The Morgan fingerprint density at radius 3 is 2.31 bits per heavy atom. The SMILES string of the molecule is Cc1ccccc1OCCNC(=O)c1ccc(N(Cc2ccccc2F)S(C)(=O)=O)cc1. The Bertz CT molecular complexity index is 1180. The molecule has 0 radical (unpaired) electrons. The van der Waals surface area contributed by atoms with E-state index in [2.05, 4.69) is 5.32 Å². The summed E-state index contributed by atoms with van der Waals surface area (Å²) in [6.07, 6.45) is 1.06. The average molecular weight is 457 g/mol. The van der Waals surface area contributed by atoms with Crippen molar-refractivity contribution in [1.29, 1.82) is 0 Å². The molecule has 0 saturated carbocycles. The third kappa shape index (κ3) is 6.07. The van der Waals surface area contributed by atoms with Gasteiger partial charge in [-0.25, -0.2) is 12.8 Å². The number of benzene rings is 3. The number of nitrogens with one attached hydrogen (secondary N) is 1.